The number of carbonyl (C=O) groups excluding carboxylic acids is 2. The lowest BCUT2D eigenvalue weighted by atomic mass is 10.1. The van der Waals surface area contributed by atoms with Crippen molar-refractivity contribution in [3.05, 3.63) is 42.0 Å². The number of carbonyl (C=O) groups is 2. The molecular formula is C23H31N2O3S+. The first kappa shape index (κ1) is 21.5. The minimum Gasteiger partial charge on any atom is -0.462 e. The van der Waals surface area contributed by atoms with Gasteiger partial charge >= 0.3 is 5.97 Å². The fraction of sp³-hybridized carbons (Fsp3) is 0.478. The number of benzene rings is 1. The Morgan fingerprint density at radius 3 is 2.48 bits per heavy atom. The number of nitrogens with zero attached hydrogens (tertiary/aromatic N) is 1. The van der Waals surface area contributed by atoms with E-state index < -0.39 is 5.97 Å². The molecule has 1 amide bonds. The van der Waals surface area contributed by atoms with Crippen LogP contribution in [0, 0.1) is 0 Å². The van der Waals surface area contributed by atoms with Crippen LogP contribution in [0.15, 0.2) is 36.4 Å². The van der Waals surface area contributed by atoms with Crippen molar-refractivity contribution in [2.24, 2.45) is 0 Å². The van der Waals surface area contributed by atoms with E-state index in [0.29, 0.717) is 27.7 Å². The van der Waals surface area contributed by atoms with Crippen LogP contribution in [0.3, 0.4) is 0 Å². The third-order valence-corrected chi connectivity index (χ3v) is 7.27. The van der Waals surface area contributed by atoms with E-state index in [4.69, 9.17) is 4.74 Å². The van der Waals surface area contributed by atoms with E-state index in [9.17, 15) is 9.59 Å². The molecule has 0 spiro atoms. The van der Waals surface area contributed by atoms with Crippen LogP contribution in [0.5, 0.6) is 0 Å². The highest BCUT2D eigenvalue weighted by Gasteiger charge is 2.39. The normalized spacial score (nSPS) is 15.9. The van der Waals surface area contributed by atoms with Gasteiger partial charge < -0.3 is 14.5 Å². The van der Waals surface area contributed by atoms with E-state index in [2.05, 4.69) is 19.4 Å². The van der Waals surface area contributed by atoms with Crippen molar-refractivity contribution in [2.45, 2.75) is 51.6 Å². The Labute approximate surface area is 177 Å². The fourth-order valence-corrected chi connectivity index (χ4v) is 5.05. The number of quaternary nitrogens is 1. The third-order valence-electron chi connectivity index (χ3n) is 6.17. The molecule has 0 saturated heterocycles. The molecule has 1 aliphatic rings. The maximum Gasteiger partial charge on any atom is 0.341 e. The van der Waals surface area contributed by atoms with Gasteiger partial charge in [-0.3, -0.25) is 4.79 Å². The van der Waals surface area contributed by atoms with Crippen molar-refractivity contribution >= 4 is 28.2 Å². The molecule has 1 aromatic heterocycles. The van der Waals surface area contributed by atoms with Gasteiger partial charge in [-0.2, -0.15) is 0 Å². The number of nitrogens with one attached hydrogen (secondary N) is 1. The second kappa shape index (κ2) is 9.09. The molecule has 29 heavy (non-hydrogen) atoms. The van der Waals surface area contributed by atoms with E-state index >= 15 is 0 Å². The molecule has 0 bridgehead atoms. The largest absolute Gasteiger partial charge is 0.462 e. The quantitative estimate of drug-likeness (QED) is 0.515. The Morgan fingerprint density at radius 1 is 1.21 bits per heavy atom. The Balaban J connectivity index is 1.85. The molecule has 1 aliphatic carbocycles. The maximum absolute atomic E-state index is 13.1. The van der Waals surface area contributed by atoms with Crippen LogP contribution in [0.2, 0.25) is 0 Å². The molecule has 2 aromatic rings. The lowest BCUT2D eigenvalue weighted by Gasteiger charge is -2.40. The molecule has 5 nitrogen and oxygen atoms in total. The van der Waals surface area contributed by atoms with Crippen molar-refractivity contribution in [3.63, 3.8) is 0 Å². The van der Waals surface area contributed by atoms with Crippen molar-refractivity contribution in [3.8, 4) is 10.4 Å². The van der Waals surface area contributed by atoms with E-state index in [-0.39, 0.29) is 11.9 Å². The van der Waals surface area contributed by atoms with Gasteiger partial charge in [0.25, 0.3) is 5.91 Å². The van der Waals surface area contributed by atoms with Gasteiger partial charge in [-0.15, -0.1) is 11.3 Å². The van der Waals surface area contributed by atoms with Crippen LogP contribution >= 0.6 is 11.3 Å². The molecule has 1 atom stereocenters. The monoisotopic (exact) mass is 415 g/mol. The van der Waals surface area contributed by atoms with E-state index in [1.165, 1.54) is 24.2 Å². The van der Waals surface area contributed by atoms with Gasteiger partial charge in [0.1, 0.15) is 5.00 Å². The summed E-state index contributed by atoms with van der Waals surface area (Å²) in [4.78, 5) is 26.6. The predicted molar refractivity (Wildman–Crippen MR) is 118 cm³/mol. The zero-order valence-electron chi connectivity index (χ0n) is 17.7. The van der Waals surface area contributed by atoms with Crippen molar-refractivity contribution < 1.29 is 18.8 Å². The smallest absolute Gasteiger partial charge is 0.341 e. The van der Waals surface area contributed by atoms with Crippen LogP contribution < -0.4 is 5.32 Å². The Morgan fingerprint density at radius 2 is 1.86 bits per heavy atom. The van der Waals surface area contributed by atoms with Gasteiger partial charge in [0, 0.05) is 4.88 Å². The number of rotatable bonds is 7. The summed E-state index contributed by atoms with van der Waals surface area (Å²) in [7, 11) is 4.27. The van der Waals surface area contributed by atoms with Crippen LogP contribution in [-0.2, 0) is 9.53 Å². The van der Waals surface area contributed by atoms with Gasteiger partial charge in [0.2, 0.25) is 0 Å². The maximum atomic E-state index is 13.1. The molecule has 1 aromatic carbocycles. The van der Waals surface area contributed by atoms with Gasteiger partial charge in [-0.1, -0.05) is 30.3 Å². The number of hydrogen-bond donors (Lipinski definition) is 1. The van der Waals surface area contributed by atoms with E-state index in [0.717, 1.165) is 23.3 Å². The average Bonchev–Trinajstić information content (AvgIpc) is 3.39. The van der Waals surface area contributed by atoms with Crippen LogP contribution in [-0.4, -0.2) is 49.1 Å². The molecule has 0 radical (unpaired) electrons. The minimum atomic E-state index is -0.404. The molecule has 6 heteroatoms. The zero-order valence-corrected chi connectivity index (χ0v) is 18.6. The van der Waals surface area contributed by atoms with E-state index in [1.807, 2.05) is 43.3 Å². The topological polar surface area (TPSA) is 55.4 Å². The number of thiophene rings is 1. The first-order valence-corrected chi connectivity index (χ1v) is 11.2. The first-order chi connectivity index (χ1) is 13.8. The van der Waals surface area contributed by atoms with Crippen LogP contribution in [0.25, 0.3) is 10.4 Å². The molecule has 0 aliphatic heterocycles. The molecule has 1 saturated carbocycles. The van der Waals surface area contributed by atoms with Gasteiger partial charge in [0.05, 0.1) is 32.3 Å². The van der Waals surface area contributed by atoms with Crippen molar-refractivity contribution in [1.29, 1.82) is 0 Å². The van der Waals surface area contributed by atoms with Crippen molar-refractivity contribution in [2.75, 3.05) is 26.0 Å². The summed E-state index contributed by atoms with van der Waals surface area (Å²) in [5, 5.41) is 3.59. The molecule has 156 valence electrons. The summed E-state index contributed by atoms with van der Waals surface area (Å²) in [6.45, 7) is 4.05. The van der Waals surface area contributed by atoms with E-state index in [1.54, 1.807) is 6.92 Å². The zero-order chi connectivity index (χ0) is 21.0. The SMILES string of the molecule is CCOC(=O)c1cc(-c2ccccc2)sc1NC(=O)[C@@H](C)[N+](C)(C)C1CCCC1. The fourth-order valence-electron chi connectivity index (χ4n) is 3.99. The summed E-state index contributed by atoms with van der Waals surface area (Å²) in [6, 6.07) is 12.0. The number of hydrogen-bond acceptors (Lipinski definition) is 4. The molecule has 1 heterocycles. The Hall–Kier alpha value is -2.18. The standard InChI is InChI=1S/C23H30N2O3S/c1-5-28-23(27)19-15-20(17-11-7-6-8-12-17)29-22(19)24-21(26)16(2)25(3,4)18-13-9-10-14-18/h6-8,11-12,15-16,18H,5,9-10,13-14H2,1-4H3/p+1/t16-/m1/s1. The van der Waals surface area contributed by atoms with Gasteiger partial charge in [-0.25, -0.2) is 4.79 Å². The van der Waals surface area contributed by atoms with Gasteiger partial charge in [0.15, 0.2) is 6.04 Å². The molecule has 1 N–H and O–H groups in total. The number of ether oxygens (including phenoxy) is 1. The highest BCUT2D eigenvalue weighted by atomic mass is 32.1. The predicted octanol–water partition coefficient (Wildman–Crippen LogP) is 4.94. The molecule has 1 fully saturated rings. The highest BCUT2D eigenvalue weighted by Crippen LogP contribution is 2.36. The van der Waals surface area contributed by atoms with Crippen molar-refractivity contribution in [1.82, 2.24) is 0 Å². The summed E-state index contributed by atoms with van der Waals surface area (Å²) in [5.41, 5.74) is 1.43. The Kier molecular flexibility index (Phi) is 6.75. The number of amides is 1. The summed E-state index contributed by atoms with van der Waals surface area (Å²) >= 11 is 1.42. The van der Waals surface area contributed by atoms with Crippen LogP contribution in [0.1, 0.15) is 49.9 Å². The number of likely N-dealkylation sites (N-methyl/N-ethyl adjacent to an activating group) is 1. The first-order valence-electron chi connectivity index (χ1n) is 10.3. The number of esters is 1. The number of anilines is 1. The summed E-state index contributed by atoms with van der Waals surface area (Å²) in [6.07, 6.45) is 4.80. The lowest BCUT2D eigenvalue weighted by Crippen LogP contribution is -2.58. The average molecular weight is 416 g/mol. The van der Waals surface area contributed by atoms with Crippen LogP contribution in [0.4, 0.5) is 5.00 Å². The lowest BCUT2D eigenvalue weighted by molar-refractivity contribution is -0.927. The molecular weight excluding hydrogens is 384 g/mol. The third kappa shape index (κ3) is 4.70. The van der Waals surface area contributed by atoms with Gasteiger partial charge in [-0.05, 0) is 51.2 Å². The Bertz CT molecular complexity index is 854. The second-order valence-electron chi connectivity index (χ2n) is 8.17. The summed E-state index contributed by atoms with van der Waals surface area (Å²) < 4.78 is 5.89. The second-order valence-corrected chi connectivity index (χ2v) is 9.22. The minimum absolute atomic E-state index is 0.0612. The summed E-state index contributed by atoms with van der Waals surface area (Å²) in [5.74, 6) is -0.465. The highest BCUT2D eigenvalue weighted by molar-refractivity contribution is 7.20. The molecule has 3 rings (SSSR count). The molecule has 0 unspecified atom stereocenters.